The first-order valence-electron chi connectivity index (χ1n) is 7.89. The molecule has 3 atom stereocenters. The van der Waals surface area contributed by atoms with Crippen LogP contribution < -0.4 is 5.32 Å². The molecule has 1 aromatic rings. The number of aliphatic hydroxyl groups excluding tert-OH is 1. The van der Waals surface area contributed by atoms with E-state index in [9.17, 15) is 5.11 Å². The maximum absolute atomic E-state index is 10.2. The molecule has 112 valence electrons. The Morgan fingerprint density at radius 2 is 2.10 bits per heavy atom. The second-order valence-electron chi connectivity index (χ2n) is 5.92. The fraction of sp³-hybridized carbons (Fsp3) is 0.647. The van der Waals surface area contributed by atoms with Crippen molar-refractivity contribution in [2.75, 3.05) is 26.2 Å². The van der Waals surface area contributed by atoms with Crippen LogP contribution in [0.3, 0.4) is 0 Å². The van der Waals surface area contributed by atoms with Gasteiger partial charge in [0.25, 0.3) is 0 Å². The molecule has 2 N–H and O–H groups in total. The van der Waals surface area contributed by atoms with E-state index in [1.807, 2.05) is 30.3 Å². The normalized spacial score (nSPS) is 23.4. The number of nitrogens with one attached hydrogen (secondary N) is 1. The van der Waals surface area contributed by atoms with Gasteiger partial charge in [0.1, 0.15) is 0 Å². The predicted octanol–water partition coefficient (Wildman–Crippen LogP) is 2.43. The highest BCUT2D eigenvalue weighted by Gasteiger charge is 2.24. The van der Waals surface area contributed by atoms with Crippen LogP contribution in [0.15, 0.2) is 30.3 Å². The number of nitrogens with zero attached hydrogens (tertiary/aromatic N) is 1. The van der Waals surface area contributed by atoms with Crippen LogP contribution in [0.1, 0.15) is 38.4 Å². The number of likely N-dealkylation sites (tertiary alicyclic amines) is 1. The maximum atomic E-state index is 10.2. The zero-order valence-electron chi connectivity index (χ0n) is 12.8. The number of hydrogen-bond donors (Lipinski definition) is 2. The molecule has 1 aromatic carbocycles. The summed E-state index contributed by atoms with van der Waals surface area (Å²) in [5, 5.41) is 13.7. The van der Waals surface area contributed by atoms with Gasteiger partial charge in [-0.15, -0.1) is 0 Å². The number of hydrogen-bond acceptors (Lipinski definition) is 3. The Hall–Kier alpha value is -0.900. The lowest BCUT2D eigenvalue weighted by Gasteiger charge is -2.35. The minimum Gasteiger partial charge on any atom is -0.387 e. The number of rotatable bonds is 6. The fourth-order valence-electron chi connectivity index (χ4n) is 3.04. The topological polar surface area (TPSA) is 35.5 Å². The molecule has 1 saturated heterocycles. The first-order chi connectivity index (χ1) is 9.70. The predicted molar refractivity (Wildman–Crippen MR) is 83.7 cm³/mol. The molecule has 1 heterocycles. The van der Waals surface area contributed by atoms with Gasteiger partial charge in [-0.25, -0.2) is 0 Å². The minimum absolute atomic E-state index is 0.412. The van der Waals surface area contributed by atoms with Gasteiger partial charge in [-0.3, -0.25) is 0 Å². The summed E-state index contributed by atoms with van der Waals surface area (Å²) in [5.41, 5.74) is 0.992. The molecule has 3 heteroatoms. The highest BCUT2D eigenvalue weighted by atomic mass is 16.3. The van der Waals surface area contributed by atoms with Crippen LogP contribution in [-0.4, -0.2) is 42.2 Å². The van der Waals surface area contributed by atoms with Gasteiger partial charge in [0, 0.05) is 19.1 Å². The highest BCUT2D eigenvalue weighted by molar-refractivity contribution is 5.17. The van der Waals surface area contributed by atoms with E-state index in [4.69, 9.17) is 0 Å². The van der Waals surface area contributed by atoms with E-state index < -0.39 is 6.10 Å². The maximum Gasteiger partial charge on any atom is 0.0914 e. The summed E-state index contributed by atoms with van der Waals surface area (Å²) in [4.78, 5) is 2.53. The van der Waals surface area contributed by atoms with Crippen molar-refractivity contribution >= 4 is 0 Å². The molecular weight excluding hydrogens is 248 g/mol. The molecule has 0 radical (unpaired) electrons. The van der Waals surface area contributed by atoms with Crippen LogP contribution in [0.2, 0.25) is 0 Å². The summed E-state index contributed by atoms with van der Waals surface area (Å²) < 4.78 is 0. The van der Waals surface area contributed by atoms with Crippen molar-refractivity contribution in [2.24, 2.45) is 5.92 Å². The van der Waals surface area contributed by atoms with Gasteiger partial charge in [-0.2, -0.15) is 0 Å². The standard InChI is InChI=1S/C17H28N2O/c1-3-19-11-7-10-16(13-19)14(2)18-12-17(20)15-8-5-4-6-9-15/h4-6,8-9,14,16-18,20H,3,7,10-13H2,1-2H3. The average molecular weight is 276 g/mol. The van der Waals surface area contributed by atoms with Gasteiger partial charge < -0.3 is 15.3 Å². The van der Waals surface area contributed by atoms with Crippen molar-refractivity contribution in [1.82, 2.24) is 10.2 Å². The van der Waals surface area contributed by atoms with E-state index in [0.29, 0.717) is 18.5 Å². The van der Waals surface area contributed by atoms with Gasteiger partial charge in [-0.1, -0.05) is 37.3 Å². The van der Waals surface area contributed by atoms with E-state index in [1.165, 1.54) is 25.9 Å². The van der Waals surface area contributed by atoms with Crippen LogP contribution in [0.5, 0.6) is 0 Å². The lowest BCUT2D eigenvalue weighted by atomic mass is 9.91. The highest BCUT2D eigenvalue weighted by Crippen LogP contribution is 2.20. The molecular formula is C17H28N2O. The third kappa shape index (κ3) is 4.30. The van der Waals surface area contributed by atoms with Gasteiger partial charge in [0.05, 0.1) is 6.10 Å². The Bertz CT molecular complexity index is 382. The van der Waals surface area contributed by atoms with Gasteiger partial charge in [0.15, 0.2) is 0 Å². The lowest BCUT2D eigenvalue weighted by Crippen LogP contribution is -2.45. The molecule has 0 aliphatic carbocycles. The fourth-order valence-corrected chi connectivity index (χ4v) is 3.04. The molecule has 1 fully saturated rings. The third-order valence-electron chi connectivity index (χ3n) is 4.51. The Labute approximate surface area is 123 Å². The lowest BCUT2D eigenvalue weighted by molar-refractivity contribution is 0.136. The number of aliphatic hydroxyl groups is 1. The molecule has 1 aliphatic rings. The van der Waals surface area contributed by atoms with E-state index in [2.05, 4.69) is 24.1 Å². The molecule has 3 nitrogen and oxygen atoms in total. The van der Waals surface area contributed by atoms with Crippen LogP contribution in [0.25, 0.3) is 0 Å². The number of piperidine rings is 1. The summed E-state index contributed by atoms with van der Waals surface area (Å²) in [6.45, 7) is 8.70. The Kier molecular flexibility index (Phi) is 6.02. The Morgan fingerprint density at radius 3 is 2.80 bits per heavy atom. The molecule has 0 spiro atoms. The van der Waals surface area contributed by atoms with E-state index >= 15 is 0 Å². The largest absolute Gasteiger partial charge is 0.387 e. The molecule has 2 rings (SSSR count). The van der Waals surface area contributed by atoms with Crippen molar-refractivity contribution in [2.45, 2.75) is 38.8 Å². The molecule has 0 saturated carbocycles. The van der Waals surface area contributed by atoms with Crippen molar-refractivity contribution in [3.63, 3.8) is 0 Å². The summed E-state index contributed by atoms with van der Waals surface area (Å²) in [7, 11) is 0. The Balaban J connectivity index is 1.78. The van der Waals surface area contributed by atoms with E-state index in [-0.39, 0.29) is 0 Å². The van der Waals surface area contributed by atoms with Crippen LogP contribution in [0.4, 0.5) is 0 Å². The Morgan fingerprint density at radius 1 is 1.35 bits per heavy atom. The zero-order chi connectivity index (χ0) is 14.4. The zero-order valence-corrected chi connectivity index (χ0v) is 12.8. The second-order valence-corrected chi connectivity index (χ2v) is 5.92. The van der Waals surface area contributed by atoms with Crippen LogP contribution in [0, 0.1) is 5.92 Å². The molecule has 0 aromatic heterocycles. The van der Waals surface area contributed by atoms with Gasteiger partial charge in [-0.05, 0) is 44.3 Å². The summed E-state index contributed by atoms with van der Waals surface area (Å²) in [6, 6.07) is 10.4. The van der Waals surface area contributed by atoms with Gasteiger partial charge >= 0.3 is 0 Å². The first-order valence-corrected chi connectivity index (χ1v) is 7.89. The second kappa shape index (κ2) is 7.77. The van der Waals surface area contributed by atoms with E-state index in [0.717, 1.165) is 12.1 Å². The summed E-state index contributed by atoms with van der Waals surface area (Å²) in [6.07, 6.45) is 2.18. The summed E-state index contributed by atoms with van der Waals surface area (Å²) in [5.74, 6) is 0.701. The smallest absolute Gasteiger partial charge is 0.0914 e. The molecule has 20 heavy (non-hydrogen) atoms. The average Bonchev–Trinajstić information content (AvgIpc) is 2.53. The quantitative estimate of drug-likeness (QED) is 0.837. The van der Waals surface area contributed by atoms with Crippen LogP contribution in [-0.2, 0) is 0 Å². The number of benzene rings is 1. The minimum atomic E-state index is -0.412. The van der Waals surface area contributed by atoms with E-state index in [1.54, 1.807) is 0 Å². The van der Waals surface area contributed by atoms with Crippen molar-refractivity contribution in [1.29, 1.82) is 0 Å². The molecule has 0 amide bonds. The third-order valence-corrected chi connectivity index (χ3v) is 4.51. The SMILES string of the molecule is CCN1CCCC(C(C)NCC(O)c2ccccc2)C1. The summed E-state index contributed by atoms with van der Waals surface area (Å²) >= 11 is 0. The monoisotopic (exact) mass is 276 g/mol. The van der Waals surface area contributed by atoms with Crippen molar-refractivity contribution < 1.29 is 5.11 Å². The molecule has 1 aliphatic heterocycles. The van der Waals surface area contributed by atoms with Crippen molar-refractivity contribution in [3.05, 3.63) is 35.9 Å². The van der Waals surface area contributed by atoms with Crippen molar-refractivity contribution in [3.8, 4) is 0 Å². The first kappa shape index (κ1) is 15.5. The molecule has 3 unspecified atom stereocenters. The van der Waals surface area contributed by atoms with Gasteiger partial charge in [0.2, 0.25) is 0 Å². The van der Waals surface area contributed by atoms with Crippen LogP contribution >= 0.6 is 0 Å². The molecule has 0 bridgehead atoms.